The fourth-order valence-corrected chi connectivity index (χ4v) is 8.36. The second kappa shape index (κ2) is 8.82. The molecule has 8 atom stereocenters. The van der Waals surface area contributed by atoms with E-state index in [0.717, 1.165) is 68.1 Å². The molecule has 0 N–H and O–H groups in total. The Morgan fingerprint density at radius 1 is 0.967 bits per heavy atom. The van der Waals surface area contributed by atoms with Crippen molar-refractivity contribution < 1.29 is 19.1 Å². The first-order valence-electron chi connectivity index (χ1n) is 12.8. The molecule has 4 aliphatic carbocycles. The summed E-state index contributed by atoms with van der Waals surface area (Å²) in [6.45, 7) is 8.30. The van der Waals surface area contributed by atoms with Gasteiger partial charge < -0.3 is 9.47 Å². The molecule has 0 saturated heterocycles. The van der Waals surface area contributed by atoms with Gasteiger partial charge in [-0.25, -0.2) is 0 Å². The Bertz CT molecular complexity index is 637. The van der Waals surface area contributed by atoms with E-state index in [1.807, 2.05) is 0 Å². The molecule has 0 spiro atoms. The van der Waals surface area contributed by atoms with Crippen molar-refractivity contribution in [3.05, 3.63) is 0 Å². The molecule has 4 aliphatic rings. The van der Waals surface area contributed by atoms with Crippen LogP contribution < -0.4 is 0 Å². The highest BCUT2D eigenvalue weighted by Crippen LogP contribution is 2.66. The Labute approximate surface area is 182 Å². The molecule has 2 bridgehead atoms. The summed E-state index contributed by atoms with van der Waals surface area (Å²) in [5, 5.41) is 0. The van der Waals surface area contributed by atoms with E-state index < -0.39 is 0 Å². The number of hydrogen-bond acceptors (Lipinski definition) is 4. The Morgan fingerprint density at radius 3 is 2.23 bits per heavy atom. The molecule has 30 heavy (non-hydrogen) atoms. The zero-order valence-electron chi connectivity index (χ0n) is 19.5. The zero-order valence-corrected chi connectivity index (χ0v) is 19.5. The van der Waals surface area contributed by atoms with E-state index in [4.69, 9.17) is 9.47 Å². The Morgan fingerprint density at radius 2 is 1.63 bits per heavy atom. The normalized spacial score (nSPS) is 39.7. The zero-order chi connectivity index (χ0) is 21.5. The summed E-state index contributed by atoms with van der Waals surface area (Å²) in [6.07, 6.45) is 11.4. The molecule has 0 aromatic carbocycles. The minimum absolute atomic E-state index is 0.158. The van der Waals surface area contributed by atoms with E-state index in [-0.39, 0.29) is 30.1 Å². The lowest BCUT2D eigenvalue weighted by Gasteiger charge is -2.39. The highest BCUT2D eigenvalue weighted by Gasteiger charge is 2.61. The van der Waals surface area contributed by atoms with Crippen LogP contribution in [0.3, 0.4) is 0 Å². The Kier molecular flexibility index (Phi) is 6.51. The largest absolute Gasteiger partial charge is 0.462 e. The number of ether oxygens (including phenoxy) is 2. The lowest BCUT2D eigenvalue weighted by Crippen LogP contribution is -2.40. The van der Waals surface area contributed by atoms with Crippen molar-refractivity contribution >= 4 is 11.9 Å². The maximum absolute atomic E-state index is 13.0. The number of esters is 2. The molecule has 170 valence electrons. The van der Waals surface area contributed by atoms with Gasteiger partial charge in [0.2, 0.25) is 0 Å². The van der Waals surface area contributed by atoms with Gasteiger partial charge in [0.25, 0.3) is 0 Å². The fraction of sp³-hybridized carbons (Fsp3) is 0.923. The van der Waals surface area contributed by atoms with Crippen molar-refractivity contribution in [2.24, 2.45) is 41.4 Å². The molecule has 0 aromatic rings. The summed E-state index contributed by atoms with van der Waals surface area (Å²) >= 11 is 0. The minimum Gasteiger partial charge on any atom is -0.462 e. The summed E-state index contributed by atoms with van der Waals surface area (Å²) in [5.41, 5.74) is -0.273. The fourth-order valence-electron chi connectivity index (χ4n) is 8.36. The summed E-state index contributed by atoms with van der Waals surface area (Å²) in [7, 11) is 0. The summed E-state index contributed by atoms with van der Waals surface area (Å²) < 4.78 is 11.9. The quantitative estimate of drug-likeness (QED) is 0.459. The molecule has 4 rings (SSSR count). The monoisotopic (exact) mass is 418 g/mol. The number of carbonyl (C=O) groups is 2. The predicted molar refractivity (Wildman–Crippen MR) is 117 cm³/mol. The maximum atomic E-state index is 13.0. The van der Waals surface area contributed by atoms with Gasteiger partial charge in [-0.1, -0.05) is 33.6 Å². The average Bonchev–Trinajstić information content (AvgIpc) is 3.47. The number of fused-ring (bicyclic) bond motifs is 5. The van der Waals surface area contributed by atoms with Gasteiger partial charge >= 0.3 is 11.9 Å². The maximum Gasteiger partial charge on any atom is 0.310 e. The first kappa shape index (κ1) is 22.1. The van der Waals surface area contributed by atoms with E-state index in [0.29, 0.717) is 11.8 Å². The topological polar surface area (TPSA) is 52.6 Å². The molecular formula is C26H42O4. The van der Waals surface area contributed by atoms with Crippen LogP contribution in [0.15, 0.2) is 0 Å². The molecule has 0 aliphatic heterocycles. The third kappa shape index (κ3) is 3.93. The molecule has 4 heteroatoms. The summed E-state index contributed by atoms with van der Waals surface area (Å²) in [4.78, 5) is 24.9. The molecule has 0 heterocycles. The van der Waals surface area contributed by atoms with Crippen LogP contribution in [0.5, 0.6) is 0 Å². The highest BCUT2D eigenvalue weighted by molar-refractivity contribution is 5.72. The number of carbonyl (C=O) groups excluding carboxylic acids is 2. The van der Waals surface area contributed by atoms with Crippen molar-refractivity contribution in [2.75, 3.05) is 0 Å². The summed E-state index contributed by atoms with van der Waals surface area (Å²) in [6, 6.07) is 0. The molecule has 4 fully saturated rings. The van der Waals surface area contributed by atoms with Gasteiger partial charge in [-0.15, -0.1) is 0 Å². The van der Waals surface area contributed by atoms with Crippen molar-refractivity contribution in [1.82, 2.24) is 0 Å². The predicted octanol–water partition coefficient (Wildman–Crippen LogP) is 5.92. The van der Waals surface area contributed by atoms with Gasteiger partial charge in [0.05, 0.1) is 6.42 Å². The highest BCUT2D eigenvalue weighted by atomic mass is 16.6. The number of rotatable bonds is 8. The van der Waals surface area contributed by atoms with E-state index in [1.165, 1.54) is 32.6 Å². The Balaban J connectivity index is 1.47. The van der Waals surface area contributed by atoms with Crippen LogP contribution in [0, 0.1) is 41.4 Å². The van der Waals surface area contributed by atoms with E-state index in [9.17, 15) is 9.59 Å². The van der Waals surface area contributed by atoms with Gasteiger partial charge in [-0.05, 0) is 92.8 Å². The minimum atomic E-state index is -0.306. The SMILES string of the molecule is CCC1CC(CC)C2C3CC(CC3C(CC(=O)OC3(CC)CCCC3)OC(C)=O)C12. The van der Waals surface area contributed by atoms with Crippen LogP contribution in [0.4, 0.5) is 0 Å². The van der Waals surface area contributed by atoms with Crippen LogP contribution >= 0.6 is 0 Å². The molecule has 4 nitrogen and oxygen atoms in total. The molecule has 0 radical (unpaired) electrons. The smallest absolute Gasteiger partial charge is 0.310 e. The lowest BCUT2D eigenvalue weighted by atomic mass is 9.69. The number of hydrogen-bond donors (Lipinski definition) is 0. The molecule has 8 unspecified atom stereocenters. The van der Waals surface area contributed by atoms with Gasteiger partial charge in [0, 0.05) is 6.92 Å². The van der Waals surface area contributed by atoms with Crippen LogP contribution in [0.2, 0.25) is 0 Å². The first-order valence-corrected chi connectivity index (χ1v) is 12.8. The van der Waals surface area contributed by atoms with Crippen molar-refractivity contribution in [2.45, 2.75) is 110 Å². The van der Waals surface area contributed by atoms with E-state index >= 15 is 0 Å². The standard InChI is InChI=1S/C26H42O4/c1-5-17-12-18(6-2)25-21-14-19(24(17)25)13-20(21)22(29-16(4)27)15-23(28)30-26(7-3)10-8-9-11-26/h17-22,24-25H,5-15H2,1-4H3. The van der Waals surface area contributed by atoms with Crippen LogP contribution in [-0.2, 0) is 19.1 Å². The van der Waals surface area contributed by atoms with Gasteiger partial charge in [0.15, 0.2) is 0 Å². The van der Waals surface area contributed by atoms with Gasteiger partial charge in [-0.3, -0.25) is 9.59 Å². The van der Waals surface area contributed by atoms with Crippen LogP contribution in [0.1, 0.15) is 98.3 Å². The second-order valence-electron chi connectivity index (χ2n) is 10.9. The molecule has 0 amide bonds. The van der Waals surface area contributed by atoms with Gasteiger partial charge in [0.1, 0.15) is 11.7 Å². The molecule has 0 aromatic heterocycles. The Hall–Kier alpha value is -1.06. The van der Waals surface area contributed by atoms with Crippen LogP contribution in [-0.4, -0.2) is 23.6 Å². The summed E-state index contributed by atoms with van der Waals surface area (Å²) in [5.74, 6) is 4.62. The van der Waals surface area contributed by atoms with E-state index in [2.05, 4.69) is 20.8 Å². The van der Waals surface area contributed by atoms with Crippen LogP contribution in [0.25, 0.3) is 0 Å². The third-order valence-corrected chi connectivity index (χ3v) is 9.58. The lowest BCUT2D eigenvalue weighted by molar-refractivity contribution is -0.168. The van der Waals surface area contributed by atoms with E-state index in [1.54, 1.807) is 0 Å². The molecule has 4 saturated carbocycles. The third-order valence-electron chi connectivity index (χ3n) is 9.58. The van der Waals surface area contributed by atoms with Crippen molar-refractivity contribution in [3.63, 3.8) is 0 Å². The molecular weight excluding hydrogens is 376 g/mol. The van der Waals surface area contributed by atoms with Crippen molar-refractivity contribution in [1.29, 1.82) is 0 Å². The average molecular weight is 419 g/mol. The van der Waals surface area contributed by atoms with Gasteiger partial charge in [-0.2, -0.15) is 0 Å². The first-order chi connectivity index (χ1) is 14.4. The van der Waals surface area contributed by atoms with Crippen molar-refractivity contribution in [3.8, 4) is 0 Å². The second-order valence-corrected chi connectivity index (χ2v) is 10.9.